The van der Waals surface area contributed by atoms with E-state index in [0.29, 0.717) is 24.4 Å². The molecular formula is C26H38N4O5. The van der Waals surface area contributed by atoms with E-state index in [4.69, 9.17) is 14.2 Å². The van der Waals surface area contributed by atoms with E-state index in [9.17, 15) is 9.59 Å². The van der Waals surface area contributed by atoms with Gasteiger partial charge in [-0.3, -0.25) is 4.79 Å². The van der Waals surface area contributed by atoms with Crippen molar-refractivity contribution in [2.75, 3.05) is 6.61 Å². The van der Waals surface area contributed by atoms with Crippen molar-refractivity contribution in [2.45, 2.75) is 84.5 Å². The normalized spacial score (nSPS) is 18.1. The molecule has 192 valence electrons. The van der Waals surface area contributed by atoms with Crippen molar-refractivity contribution in [3.05, 3.63) is 30.0 Å². The van der Waals surface area contributed by atoms with Crippen LogP contribution in [0.15, 0.2) is 24.3 Å². The molecule has 1 aromatic heterocycles. The van der Waals surface area contributed by atoms with Crippen LogP contribution in [0.5, 0.6) is 5.75 Å². The van der Waals surface area contributed by atoms with Crippen LogP contribution >= 0.6 is 0 Å². The van der Waals surface area contributed by atoms with Crippen molar-refractivity contribution in [3.8, 4) is 17.0 Å². The van der Waals surface area contributed by atoms with E-state index in [-0.39, 0.29) is 30.1 Å². The molecule has 9 nitrogen and oxygen atoms in total. The summed E-state index contributed by atoms with van der Waals surface area (Å²) in [4.78, 5) is 24.4. The number of aryl methyl sites for hydroxylation is 1. The van der Waals surface area contributed by atoms with Crippen LogP contribution < -0.4 is 10.1 Å². The number of ether oxygens (including phenoxy) is 3. The van der Waals surface area contributed by atoms with Crippen LogP contribution in [0, 0.1) is 5.92 Å². The van der Waals surface area contributed by atoms with Crippen molar-refractivity contribution >= 4 is 12.1 Å². The number of nitrogens with one attached hydrogen (secondary N) is 1. The van der Waals surface area contributed by atoms with Gasteiger partial charge in [-0.25, -0.2) is 9.48 Å². The third-order valence-corrected chi connectivity index (χ3v) is 6.27. The van der Waals surface area contributed by atoms with Crippen LogP contribution in [0.1, 0.15) is 71.9 Å². The summed E-state index contributed by atoms with van der Waals surface area (Å²) in [6.45, 7) is 8.31. The number of aromatic nitrogens is 3. The standard InChI is InChI=1S/C26H38N4O5/c1-6-15-26(3,4)27-25(32)34-17-22-23(28-29-30(22)5)18-11-13-20(14-12-18)35-21-10-8-9-19(16-21)24(31)33-7-2/h11-14,19,21H,6-10,15-17H2,1-5H3,(H,27,32)/t19-,21-/m0/s1. The molecule has 1 aromatic carbocycles. The Hall–Kier alpha value is -3.10. The molecule has 9 heteroatoms. The molecule has 35 heavy (non-hydrogen) atoms. The lowest BCUT2D eigenvalue weighted by Gasteiger charge is -2.28. The van der Waals surface area contributed by atoms with Crippen LogP contribution in [0.3, 0.4) is 0 Å². The number of esters is 1. The minimum atomic E-state index is -0.465. The lowest BCUT2D eigenvalue weighted by Crippen LogP contribution is -2.43. The van der Waals surface area contributed by atoms with Crippen LogP contribution in [-0.4, -0.2) is 45.3 Å². The summed E-state index contributed by atoms with van der Waals surface area (Å²) < 4.78 is 18.4. The topological polar surface area (TPSA) is 105 Å². The smallest absolute Gasteiger partial charge is 0.407 e. The first-order chi connectivity index (χ1) is 16.7. The zero-order valence-corrected chi connectivity index (χ0v) is 21.5. The van der Waals surface area contributed by atoms with Gasteiger partial charge in [0.05, 0.1) is 18.6 Å². The van der Waals surface area contributed by atoms with E-state index < -0.39 is 6.09 Å². The van der Waals surface area contributed by atoms with Crippen molar-refractivity contribution in [2.24, 2.45) is 13.0 Å². The third kappa shape index (κ3) is 7.44. The number of carbonyl (C=O) groups excluding carboxylic acids is 2. The monoisotopic (exact) mass is 486 g/mol. The maximum Gasteiger partial charge on any atom is 0.407 e. The minimum Gasteiger partial charge on any atom is -0.490 e. The van der Waals surface area contributed by atoms with Gasteiger partial charge in [0, 0.05) is 18.2 Å². The van der Waals surface area contributed by atoms with Gasteiger partial charge >= 0.3 is 12.1 Å². The van der Waals surface area contributed by atoms with Gasteiger partial charge in [0.2, 0.25) is 0 Å². The van der Waals surface area contributed by atoms with Gasteiger partial charge in [0.15, 0.2) is 0 Å². The maximum atomic E-state index is 12.3. The number of rotatable bonds is 10. The molecule has 1 heterocycles. The highest BCUT2D eigenvalue weighted by Gasteiger charge is 2.29. The highest BCUT2D eigenvalue weighted by molar-refractivity contribution is 5.72. The first-order valence-electron chi connectivity index (χ1n) is 12.5. The van der Waals surface area contributed by atoms with E-state index in [1.54, 1.807) is 11.7 Å². The van der Waals surface area contributed by atoms with Gasteiger partial charge in [0.25, 0.3) is 0 Å². The molecule has 0 saturated heterocycles. The highest BCUT2D eigenvalue weighted by Crippen LogP contribution is 2.30. The second-order valence-electron chi connectivity index (χ2n) is 9.72. The van der Waals surface area contributed by atoms with E-state index in [1.165, 1.54) is 0 Å². The number of benzene rings is 1. The Labute approximate surface area is 207 Å². The summed E-state index contributed by atoms with van der Waals surface area (Å²) >= 11 is 0. The Kier molecular flexibility index (Phi) is 9.12. The van der Waals surface area contributed by atoms with Crippen LogP contribution in [-0.2, 0) is 27.9 Å². The number of carbonyl (C=O) groups is 2. The number of hydrogen-bond donors (Lipinski definition) is 1. The molecule has 1 amide bonds. The molecule has 1 saturated carbocycles. The quantitative estimate of drug-likeness (QED) is 0.482. The third-order valence-electron chi connectivity index (χ3n) is 6.27. The first kappa shape index (κ1) is 26.5. The predicted molar refractivity (Wildman–Crippen MR) is 132 cm³/mol. The van der Waals surface area contributed by atoms with E-state index in [1.807, 2.05) is 45.0 Å². The summed E-state index contributed by atoms with van der Waals surface area (Å²) in [6, 6.07) is 7.61. The fourth-order valence-electron chi connectivity index (χ4n) is 4.51. The number of hydrogen-bond acceptors (Lipinski definition) is 7. The molecular weight excluding hydrogens is 448 g/mol. The molecule has 1 N–H and O–H groups in total. The molecule has 1 aliphatic rings. The maximum absolute atomic E-state index is 12.3. The molecule has 1 aliphatic carbocycles. The molecule has 0 bridgehead atoms. The second kappa shape index (κ2) is 12.0. The summed E-state index contributed by atoms with van der Waals surface area (Å²) in [7, 11) is 1.77. The second-order valence-corrected chi connectivity index (χ2v) is 9.72. The highest BCUT2D eigenvalue weighted by atomic mass is 16.5. The largest absolute Gasteiger partial charge is 0.490 e. The van der Waals surface area contributed by atoms with Gasteiger partial charge in [-0.1, -0.05) is 18.6 Å². The van der Waals surface area contributed by atoms with Crippen LogP contribution in [0.2, 0.25) is 0 Å². The Morgan fingerprint density at radius 3 is 2.57 bits per heavy atom. The first-order valence-corrected chi connectivity index (χ1v) is 12.5. The van der Waals surface area contributed by atoms with Gasteiger partial charge in [-0.2, -0.15) is 0 Å². The van der Waals surface area contributed by atoms with Crippen molar-refractivity contribution in [1.82, 2.24) is 20.3 Å². The average Bonchev–Trinajstić information content (AvgIpc) is 3.18. The predicted octanol–water partition coefficient (Wildman–Crippen LogP) is 4.79. The number of nitrogens with zero attached hydrogens (tertiary/aromatic N) is 3. The zero-order valence-electron chi connectivity index (χ0n) is 21.5. The SMILES string of the molecule is CCCC(C)(C)NC(=O)OCc1c(-c2ccc(O[C@H]3CCC[C@H](C(=O)OCC)C3)cc2)nnn1C. The van der Waals surface area contributed by atoms with Crippen LogP contribution in [0.4, 0.5) is 4.79 Å². The Bertz CT molecular complexity index is 986. The lowest BCUT2D eigenvalue weighted by molar-refractivity contribution is -0.150. The summed E-state index contributed by atoms with van der Waals surface area (Å²) in [5, 5.41) is 11.3. The Balaban J connectivity index is 1.61. The average molecular weight is 487 g/mol. The molecule has 1 fully saturated rings. The summed E-state index contributed by atoms with van der Waals surface area (Å²) in [5.41, 5.74) is 1.87. The van der Waals surface area contributed by atoms with Gasteiger partial charge in [-0.15, -0.1) is 5.10 Å². The molecule has 3 rings (SSSR count). The Morgan fingerprint density at radius 2 is 1.89 bits per heavy atom. The van der Waals surface area contributed by atoms with Gasteiger partial charge in [0.1, 0.15) is 23.7 Å². The summed E-state index contributed by atoms with van der Waals surface area (Å²) in [5.74, 6) is 0.513. The van der Waals surface area contributed by atoms with E-state index in [2.05, 4.69) is 22.6 Å². The molecule has 0 radical (unpaired) electrons. The fraction of sp³-hybridized carbons (Fsp3) is 0.615. The molecule has 2 aromatic rings. The van der Waals surface area contributed by atoms with Crippen LogP contribution in [0.25, 0.3) is 11.3 Å². The van der Waals surface area contributed by atoms with Gasteiger partial charge in [-0.05, 0) is 77.1 Å². The fourth-order valence-corrected chi connectivity index (χ4v) is 4.51. The molecule has 0 aliphatic heterocycles. The van der Waals surface area contributed by atoms with Crippen molar-refractivity contribution in [1.29, 1.82) is 0 Å². The number of alkyl carbamates (subject to hydrolysis) is 1. The van der Waals surface area contributed by atoms with Gasteiger partial charge < -0.3 is 19.5 Å². The van der Waals surface area contributed by atoms with Crippen molar-refractivity contribution < 1.29 is 23.8 Å². The zero-order chi connectivity index (χ0) is 25.4. The molecule has 0 spiro atoms. The van der Waals surface area contributed by atoms with Crippen molar-refractivity contribution in [3.63, 3.8) is 0 Å². The van der Waals surface area contributed by atoms with E-state index in [0.717, 1.165) is 43.4 Å². The lowest BCUT2D eigenvalue weighted by atomic mass is 9.87. The minimum absolute atomic E-state index is 0.0139. The Morgan fingerprint density at radius 1 is 1.14 bits per heavy atom. The number of amides is 1. The van der Waals surface area contributed by atoms with E-state index >= 15 is 0 Å². The molecule has 0 unspecified atom stereocenters. The molecule has 2 atom stereocenters. The summed E-state index contributed by atoms with van der Waals surface area (Å²) in [6.07, 6.45) is 4.73.